The standard InChI is InChI=1S/C18H17N7O5S3/c19-6-7-32(27,28)12-5-4-9(13(15(12)33(21,29)30)17-22-8-23-25-17)10-2-1-3-11-14(10)24-18(31-11)16(20)26/h1-5H,6-8,19H2,(H2,20,26)(H2,21,29,30). The second kappa shape index (κ2) is 8.35. The fourth-order valence-corrected chi connectivity index (χ4v) is 7.03. The number of sulfone groups is 1. The van der Waals surface area contributed by atoms with Crippen molar-refractivity contribution in [1.82, 2.24) is 4.98 Å². The van der Waals surface area contributed by atoms with Gasteiger partial charge in [-0.25, -0.2) is 32.0 Å². The third kappa shape index (κ3) is 4.16. The number of fused-ring (bicyclic) bond motifs is 1. The molecule has 4 rings (SSSR count). The zero-order valence-electron chi connectivity index (χ0n) is 16.8. The molecule has 0 saturated carbocycles. The molecule has 0 fully saturated rings. The number of carbonyl (C=O) groups excluding carboxylic acids is 1. The van der Waals surface area contributed by atoms with Crippen LogP contribution in [0, 0.1) is 0 Å². The van der Waals surface area contributed by atoms with Gasteiger partial charge in [-0.05, 0) is 17.7 Å². The highest BCUT2D eigenvalue weighted by Crippen LogP contribution is 2.39. The van der Waals surface area contributed by atoms with Crippen molar-refractivity contribution in [3.8, 4) is 11.1 Å². The number of para-hydroxylation sites is 1. The van der Waals surface area contributed by atoms with E-state index in [-0.39, 0.29) is 35.2 Å². The summed E-state index contributed by atoms with van der Waals surface area (Å²) in [7, 11) is -8.70. The summed E-state index contributed by atoms with van der Waals surface area (Å²) < 4.78 is 51.7. The summed E-state index contributed by atoms with van der Waals surface area (Å²) in [5.41, 5.74) is 11.7. The third-order valence-corrected chi connectivity index (χ3v) is 8.66. The van der Waals surface area contributed by atoms with Crippen LogP contribution in [0.1, 0.15) is 15.4 Å². The van der Waals surface area contributed by atoms with E-state index in [9.17, 15) is 21.6 Å². The zero-order chi connectivity index (χ0) is 24.0. The Labute approximate surface area is 192 Å². The fraction of sp³-hybridized carbons (Fsp3) is 0.167. The van der Waals surface area contributed by atoms with Crippen LogP contribution in [0.15, 0.2) is 55.3 Å². The van der Waals surface area contributed by atoms with Crippen molar-refractivity contribution in [2.24, 2.45) is 31.8 Å². The molecule has 0 aliphatic carbocycles. The van der Waals surface area contributed by atoms with Crippen LogP contribution in [0.3, 0.4) is 0 Å². The lowest BCUT2D eigenvalue weighted by atomic mass is 9.98. The minimum atomic E-state index is -4.59. The predicted molar refractivity (Wildman–Crippen MR) is 122 cm³/mol. The summed E-state index contributed by atoms with van der Waals surface area (Å²) in [6.07, 6.45) is 0. The van der Waals surface area contributed by atoms with Gasteiger partial charge in [0, 0.05) is 12.1 Å². The van der Waals surface area contributed by atoms with Gasteiger partial charge in [0.2, 0.25) is 10.0 Å². The van der Waals surface area contributed by atoms with Gasteiger partial charge < -0.3 is 11.5 Å². The lowest BCUT2D eigenvalue weighted by Crippen LogP contribution is -2.24. The number of sulfonamides is 1. The van der Waals surface area contributed by atoms with Crippen LogP contribution in [0.4, 0.5) is 0 Å². The predicted octanol–water partition coefficient (Wildman–Crippen LogP) is 0.612. The van der Waals surface area contributed by atoms with Gasteiger partial charge in [0.25, 0.3) is 5.91 Å². The van der Waals surface area contributed by atoms with E-state index in [1.807, 2.05) is 0 Å². The first kappa shape index (κ1) is 23.1. The van der Waals surface area contributed by atoms with E-state index in [0.29, 0.717) is 15.8 Å². The van der Waals surface area contributed by atoms with Crippen molar-refractivity contribution in [3.05, 3.63) is 40.9 Å². The molecule has 1 aliphatic heterocycles. The molecule has 0 atom stereocenters. The van der Waals surface area contributed by atoms with Gasteiger partial charge in [-0.1, -0.05) is 18.2 Å². The molecule has 0 bridgehead atoms. The van der Waals surface area contributed by atoms with Crippen molar-refractivity contribution >= 4 is 53.2 Å². The Morgan fingerprint density at radius 1 is 1.09 bits per heavy atom. The number of amides is 1. The third-order valence-electron chi connectivity index (χ3n) is 4.72. The second-order valence-corrected chi connectivity index (χ2v) is 11.5. The molecule has 2 aromatic carbocycles. The number of nitrogens with two attached hydrogens (primary N) is 3. The quantitative estimate of drug-likeness (QED) is 0.414. The summed E-state index contributed by atoms with van der Waals surface area (Å²) in [6.45, 7) is -0.288. The van der Waals surface area contributed by atoms with Gasteiger partial charge in [-0.15, -0.1) is 16.5 Å². The zero-order valence-corrected chi connectivity index (χ0v) is 19.2. The Morgan fingerprint density at radius 2 is 1.85 bits per heavy atom. The van der Waals surface area contributed by atoms with Gasteiger partial charge in [-0.2, -0.15) is 5.11 Å². The summed E-state index contributed by atoms with van der Waals surface area (Å²) in [5, 5.41) is 13.2. The Hall–Kier alpha value is -3.11. The number of primary sulfonamides is 1. The number of azo groups is 1. The van der Waals surface area contributed by atoms with E-state index in [1.54, 1.807) is 18.2 Å². The molecule has 6 N–H and O–H groups in total. The maximum atomic E-state index is 12.8. The number of amidine groups is 1. The molecule has 0 radical (unpaired) electrons. The minimum absolute atomic E-state index is 0.0608. The summed E-state index contributed by atoms with van der Waals surface area (Å²) in [5.74, 6) is -1.31. The number of hydrogen-bond acceptors (Lipinski definition) is 11. The van der Waals surface area contributed by atoms with Crippen molar-refractivity contribution in [2.45, 2.75) is 9.79 Å². The lowest BCUT2D eigenvalue weighted by molar-refractivity contribution is 0.1000. The van der Waals surface area contributed by atoms with E-state index < -0.39 is 41.3 Å². The number of thiazole rings is 1. The Bertz CT molecular complexity index is 1570. The molecular formula is C18H17N7O5S3. The van der Waals surface area contributed by atoms with Crippen LogP contribution in [0.25, 0.3) is 21.3 Å². The van der Waals surface area contributed by atoms with Gasteiger partial charge >= 0.3 is 0 Å². The number of carbonyl (C=O) groups is 1. The van der Waals surface area contributed by atoms with Crippen LogP contribution in [0.5, 0.6) is 0 Å². The number of aromatic nitrogens is 1. The molecule has 3 aromatic rings. The maximum absolute atomic E-state index is 12.8. The number of nitrogens with zero attached hydrogens (tertiary/aromatic N) is 4. The molecule has 15 heteroatoms. The number of aliphatic imine (C=N–C) groups is 1. The number of primary amides is 1. The number of benzene rings is 2. The maximum Gasteiger partial charge on any atom is 0.277 e. The number of rotatable bonds is 7. The van der Waals surface area contributed by atoms with Gasteiger partial charge in [0.15, 0.2) is 27.3 Å². The van der Waals surface area contributed by atoms with E-state index in [0.717, 1.165) is 17.4 Å². The van der Waals surface area contributed by atoms with E-state index >= 15 is 0 Å². The highest BCUT2D eigenvalue weighted by Gasteiger charge is 2.32. The van der Waals surface area contributed by atoms with Crippen LogP contribution < -0.4 is 16.6 Å². The largest absolute Gasteiger partial charge is 0.364 e. The van der Waals surface area contributed by atoms with Gasteiger partial charge in [0.1, 0.15) is 4.90 Å². The second-order valence-electron chi connectivity index (χ2n) is 6.87. The topological polar surface area (TPSA) is 213 Å². The molecule has 1 amide bonds. The first-order valence-corrected chi connectivity index (χ1v) is 13.3. The molecular weight excluding hydrogens is 490 g/mol. The first-order valence-electron chi connectivity index (χ1n) is 9.29. The van der Waals surface area contributed by atoms with Gasteiger partial charge in [0.05, 0.1) is 26.4 Å². The van der Waals surface area contributed by atoms with Crippen molar-refractivity contribution < 1.29 is 21.6 Å². The summed E-state index contributed by atoms with van der Waals surface area (Å²) in [6, 6.07) is 7.60. The fourth-order valence-electron chi connectivity index (χ4n) is 3.43. The lowest BCUT2D eigenvalue weighted by Gasteiger charge is -2.17. The van der Waals surface area contributed by atoms with Crippen molar-refractivity contribution in [3.63, 3.8) is 0 Å². The van der Waals surface area contributed by atoms with Crippen molar-refractivity contribution in [2.75, 3.05) is 19.0 Å². The monoisotopic (exact) mass is 507 g/mol. The van der Waals surface area contributed by atoms with Crippen LogP contribution >= 0.6 is 11.3 Å². The normalized spacial score (nSPS) is 14.1. The Kier molecular flexibility index (Phi) is 5.83. The molecule has 33 heavy (non-hydrogen) atoms. The molecule has 0 spiro atoms. The molecule has 1 aliphatic rings. The smallest absolute Gasteiger partial charge is 0.277 e. The average molecular weight is 508 g/mol. The van der Waals surface area contributed by atoms with Crippen molar-refractivity contribution in [1.29, 1.82) is 0 Å². The first-order chi connectivity index (χ1) is 15.5. The van der Waals surface area contributed by atoms with Crippen LogP contribution in [0.2, 0.25) is 0 Å². The molecule has 172 valence electrons. The highest BCUT2D eigenvalue weighted by atomic mass is 32.2. The van der Waals surface area contributed by atoms with Gasteiger partial charge in [-0.3, -0.25) is 4.79 Å². The van der Waals surface area contributed by atoms with E-state index in [2.05, 4.69) is 20.2 Å². The highest BCUT2D eigenvalue weighted by molar-refractivity contribution is 7.93. The average Bonchev–Trinajstić information content (AvgIpc) is 3.41. The molecule has 0 unspecified atom stereocenters. The summed E-state index contributed by atoms with van der Waals surface area (Å²) in [4.78, 5) is 18.9. The number of hydrogen-bond donors (Lipinski definition) is 3. The van der Waals surface area contributed by atoms with Crippen LogP contribution in [-0.2, 0) is 19.9 Å². The van der Waals surface area contributed by atoms with E-state index in [4.69, 9.17) is 16.6 Å². The SMILES string of the molecule is NCCS(=O)(=O)c1ccc(-c2cccc3sc(C(N)=O)nc23)c(C2=NCN=N2)c1S(N)(=O)=O. The molecule has 2 heterocycles. The van der Waals surface area contributed by atoms with Crippen LogP contribution in [-0.4, -0.2) is 52.5 Å². The Balaban J connectivity index is 2.15. The summed E-state index contributed by atoms with van der Waals surface area (Å²) >= 11 is 1.07. The van der Waals surface area contributed by atoms with E-state index in [1.165, 1.54) is 6.07 Å². The molecule has 1 aromatic heterocycles. The Morgan fingerprint density at radius 3 is 2.45 bits per heavy atom. The minimum Gasteiger partial charge on any atom is -0.364 e. The molecule has 0 saturated heterocycles. The molecule has 12 nitrogen and oxygen atoms in total.